The SMILES string of the molecule is COc1cc(C(=O)Nc2ccc(CC(=O)NCCN(C)C)cc2)ccc1OCc1ccc2ccccc2n1. The van der Waals surface area contributed by atoms with E-state index < -0.39 is 0 Å². The number of pyridine rings is 1. The van der Waals surface area contributed by atoms with Crippen molar-refractivity contribution in [3.05, 3.63) is 95.7 Å². The number of carbonyl (C=O) groups excluding carboxylic acids is 2. The van der Waals surface area contributed by atoms with E-state index in [1.54, 1.807) is 30.3 Å². The third kappa shape index (κ3) is 7.30. The minimum atomic E-state index is -0.278. The largest absolute Gasteiger partial charge is 0.493 e. The highest BCUT2D eigenvalue weighted by Crippen LogP contribution is 2.29. The van der Waals surface area contributed by atoms with E-state index in [2.05, 4.69) is 15.6 Å². The van der Waals surface area contributed by atoms with Crippen molar-refractivity contribution in [2.45, 2.75) is 13.0 Å². The fourth-order valence-electron chi connectivity index (χ4n) is 3.84. The maximum absolute atomic E-state index is 12.8. The molecule has 0 bridgehead atoms. The summed E-state index contributed by atoms with van der Waals surface area (Å²) in [5, 5.41) is 6.84. The molecule has 2 amide bonds. The lowest BCUT2D eigenvalue weighted by atomic mass is 10.1. The highest BCUT2D eigenvalue weighted by atomic mass is 16.5. The van der Waals surface area contributed by atoms with Crippen LogP contribution in [0.15, 0.2) is 78.9 Å². The van der Waals surface area contributed by atoms with Gasteiger partial charge < -0.3 is 25.0 Å². The summed E-state index contributed by atoms with van der Waals surface area (Å²) in [6.45, 7) is 1.66. The molecule has 196 valence electrons. The molecule has 1 aromatic heterocycles. The molecule has 0 aliphatic rings. The molecule has 3 aromatic carbocycles. The van der Waals surface area contributed by atoms with Crippen molar-refractivity contribution in [2.24, 2.45) is 0 Å². The Balaban J connectivity index is 1.33. The minimum absolute atomic E-state index is 0.0329. The van der Waals surface area contributed by atoms with Gasteiger partial charge in [-0.25, -0.2) is 4.98 Å². The van der Waals surface area contributed by atoms with E-state index in [1.165, 1.54) is 7.11 Å². The first-order chi connectivity index (χ1) is 18.4. The Labute approximate surface area is 222 Å². The Kier molecular flexibility index (Phi) is 8.89. The van der Waals surface area contributed by atoms with Crippen molar-refractivity contribution in [1.29, 1.82) is 0 Å². The average Bonchev–Trinajstić information content (AvgIpc) is 2.92. The van der Waals surface area contributed by atoms with Gasteiger partial charge in [-0.2, -0.15) is 0 Å². The molecular weight excluding hydrogens is 480 g/mol. The van der Waals surface area contributed by atoms with Gasteiger partial charge in [0, 0.05) is 29.7 Å². The van der Waals surface area contributed by atoms with Gasteiger partial charge in [0.05, 0.1) is 24.7 Å². The Bertz CT molecular complexity index is 1400. The van der Waals surface area contributed by atoms with Gasteiger partial charge in [-0.05, 0) is 62.1 Å². The van der Waals surface area contributed by atoms with E-state index >= 15 is 0 Å². The van der Waals surface area contributed by atoms with Gasteiger partial charge in [-0.15, -0.1) is 0 Å². The Hall–Kier alpha value is -4.43. The van der Waals surface area contributed by atoms with Gasteiger partial charge in [0.25, 0.3) is 5.91 Å². The molecule has 4 rings (SSSR count). The number of nitrogens with one attached hydrogen (secondary N) is 2. The lowest BCUT2D eigenvalue weighted by Gasteiger charge is -2.13. The zero-order chi connectivity index (χ0) is 26.9. The number of fused-ring (bicyclic) bond motifs is 1. The number of hydrogen-bond acceptors (Lipinski definition) is 6. The fourth-order valence-corrected chi connectivity index (χ4v) is 3.84. The van der Waals surface area contributed by atoms with Crippen LogP contribution in [0.1, 0.15) is 21.6 Å². The van der Waals surface area contributed by atoms with Crippen molar-refractivity contribution in [3.8, 4) is 11.5 Å². The number of benzene rings is 3. The molecule has 2 N–H and O–H groups in total. The number of hydrogen-bond donors (Lipinski definition) is 2. The zero-order valence-electron chi connectivity index (χ0n) is 21.9. The monoisotopic (exact) mass is 512 g/mol. The van der Waals surface area contributed by atoms with Crippen LogP contribution in [0, 0.1) is 0 Å². The smallest absolute Gasteiger partial charge is 0.255 e. The first-order valence-electron chi connectivity index (χ1n) is 12.4. The summed E-state index contributed by atoms with van der Waals surface area (Å²) < 4.78 is 11.4. The third-order valence-electron chi connectivity index (χ3n) is 5.92. The van der Waals surface area contributed by atoms with Crippen molar-refractivity contribution in [2.75, 3.05) is 39.6 Å². The van der Waals surface area contributed by atoms with Gasteiger partial charge in [0.2, 0.25) is 5.91 Å². The molecule has 38 heavy (non-hydrogen) atoms. The number of rotatable bonds is 11. The van der Waals surface area contributed by atoms with Gasteiger partial charge in [0.1, 0.15) is 6.61 Å². The Morgan fingerprint density at radius 1 is 0.921 bits per heavy atom. The summed E-state index contributed by atoms with van der Waals surface area (Å²) in [5.41, 5.74) is 3.64. The lowest BCUT2D eigenvalue weighted by molar-refractivity contribution is -0.120. The first kappa shape index (κ1) is 26.6. The van der Waals surface area contributed by atoms with Gasteiger partial charge >= 0.3 is 0 Å². The van der Waals surface area contributed by atoms with E-state index in [4.69, 9.17) is 9.47 Å². The number of carbonyl (C=O) groups is 2. The summed E-state index contributed by atoms with van der Waals surface area (Å²) in [6.07, 6.45) is 0.287. The molecule has 4 aromatic rings. The van der Waals surface area contributed by atoms with Crippen LogP contribution in [-0.4, -0.2) is 56.0 Å². The van der Waals surface area contributed by atoms with Crippen LogP contribution < -0.4 is 20.1 Å². The van der Waals surface area contributed by atoms with Crippen LogP contribution in [0.5, 0.6) is 11.5 Å². The summed E-state index contributed by atoms with van der Waals surface area (Å²) in [4.78, 5) is 31.6. The predicted octanol–water partition coefficient (Wildman–Crippen LogP) is 4.30. The second-order valence-electron chi connectivity index (χ2n) is 9.13. The highest BCUT2D eigenvalue weighted by molar-refractivity contribution is 6.04. The number of methoxy groups -OCH3 is 1. The average molecular weight is 513 g/mol. The van der Waals surface area contributed by atoms with Crippen LogP contribution in [-0.2, 0) is 17.8 Å². The molecule has 0 saturated heterocycles. The zero-order valence-corrected chi connectivity index (χ0v) is 21.9. The predicted molar refractivity (Wildman–Crippen MR) is 149 cm³/mol. The first-order valence-corrected chi connectivity index (χ1v) is 12.4. The Morgan fingerprint density at radius 2 is 1.71 bits per heavy atom. The van der Waals surface area contributed by atoms with Crippen LogP contribution in [0.25, 0.3) is 10.9 Å². The summed E-state index contributed by atoms with van der Waals surface area (Å²) in [5.74, 6) is 0.663. The molecule has 8 heteroatoms. The lowest BCUT2D eigenvalue weighted by Crippen LogP contribution is -2.32. The van der Waals surface area contributed by atoms with Crippen LogP contribution in [0.4, 0.5) is 5.69 Å². The topological polar surface area (TPSA) is 92.8 Å². The minimum Gasteiger partial charge on any atom is -0.493 e. The molecule has 1 heterocycles. The normalized spacial score (nSPS) is 10.8. The van der Waals surface area contributed by atoms with Crippen molar-refractivity contribution >= 4 is 28.4 Å². The van der Waals surface area contributed by atoms with Gasteiger partial charge in [-0.1, -0.05) is 36.4 Å². The molecule has 8 nitrogen and oxygen atoms in total. The van der Waals surface area contributed by atoms with Crippen molar-refractivity contribution < 1.29 is 19.1 Å². The fraction of sp³-hybridized carbons (Fsp3) is 0.233. The number of para-hydroxylation sites is 1. The summed E-state index contributed by atoms with van der Waals surface area (Å²) >= 11 is 0. The molecule has 0 saturated carbocycles. The van der Waals surface area contributed by atoms with Crippen LogP contribution >= 0.6 is 0 Å². The number of aromatic nitrogens is 1. The van der Waals surface area contributed by atoms with Crippen molar-refractivity contribution in [3.63, 3.8) is 0 Å². The maximum Gasteiger partial charge on any atom is 0.255 e. The van der Waals surface area contributed by atoms with Crippen LogP contribution in [0.2, 0.25) is 0 Å². The van der Waals surface area contributed by atoms with E-state index in [0.717, 1.165) is 28.7 Å². The molecule has 0 spiro atoms. The van der Waals surface area contributed by atoms with E-state index in [1.807, 2.05) is 67.5 Å². The highest BCUT2D eigenvalue weighted by Gasteiger charge is 2.13. The van der Waals surface area contributed by atoms with Crippen molar-refractivity contribution in [1.82, 2.24) is 15.2 Å². The molecule has 0 fully saturated rings. The van der Waals surface area contributed by atoms with Gasteiger partial charge in [0.15, 0.2) is 11.5 Å². The van der Waals surface area contributed by atoms with E-state index in [0.29, 0.717) is 29.3 Å². The summed E-state index contributed by atoms with van der Waals surface area (Å²) in [7, 11) is 5.46. The molecule has 0 aliphatic carbocycles. The van der Waals surface area contributed by atoms with Crippen LogP contribution in [0.3, 0.4) is 0 Å². The number of ether oxygens (including phenoxy) is 2. The molecular formula is C30H32N4O4. The number of likely N-dealkylation sites (N-methyl/N-ethyl adjacent to an activating group) is 1. The standard InChI is InChI=1S/C30H32N4O4/c1-34(2)17-16-31-29(35)18-21-8-12-24(13-9-21)33-30(36)23-11-15-27(28(19-23)37-3)38-20-25-14-10-22-6-4-5-7-26(22)32-25/h4-15,19H,16-18,20H2,1-3H3,(H,31,35)(H,33,36). The molecule has 0 radical (unpaired) electrons. The second-order valence-corrected chi connectivity index (χ2v) is 9.13. The number of nitrogens with zero attached hydrogens (tertiary/aromatic N) is 2. The maximum atomic E-state index is 12.8. The summed E-state index contributed by atoms with van der Waals surface area (Å²) in [6, 6.07) is 24.1. The van der Waals surface area contributed by atoms with E-state index in [9.17, 15) is 9.59 Å². The van der Waals surface area contributed by atoms with Gasteiger partial charge in [-0.3, -0.25) is 9.59 Å². The Morgan fingerprint density at radius 3 is 2.47 bits per heavy atom. The van der Waals surface area contributed by atoms with E-state index in [-0.39, 0.29) is 24.8 Å². The molecule has 0 aliphatic heterocycles. The quantitative estimate of drug-likeness (QED) is 0.311. The molecule has 0 atom stereocenters. The second kappa shape index (κ2) is 12.7. The number of amides is 2. The number of anilines is 1. The molecule has 0 unspecified atom stereocenters. The third-order valence-corrected chi connectivity index (χ3v) is 5.92.